The van der Waals surface area contributed by atoms with Crippen molar-refractivity contribution in [3.8, 4) is 5.75 Å². The lowest BCUT2D eigenvalue weighted by Crippen LogP contribution is -2.12. The van der Waals surface area contributed by atoms with Crippen LogP contribution in [0.2, 0.25) is 0 Å². The van der Waals surface area contributed by atoms with Crippen LogP contribution in [0.1, 0.15) is 6.92 Å². The van der Waals surface area contributed by atoms with Gasteiger partial charge in [-0.1, -0.05) is 11.3 Å². The van der Waals surface area contributed by atoms with Gasteiger partial charge in [0.1, 0.15) is 5.75 Å². The molecule has 0 spiro atoms. The molecule has 0 fully saturated rings. The lowest BCUT2D eigenvalue weighted by atomic mass is 10.3. The van der Waals surface area contributed by atoms with Gasteiger partial charge >= 0.3 is 0 Å². The van der Waals surface area contributed by atoms with Gasteiger partial charge in [0.25, 0.3) is 15.7 Å². The number of thiazole rings is 1. The minimum atomic E-state index is -3.88. The summed E-state index contributed by atoms with van der Waals surface area (Å²) in [5.74, 6) is 0.684. The van der Waals surface area contributed by atoms with E-state index < -0.39 is 14.9 Å². The summed E-state index contributed by atoms with van der Waals surface area (Å²) >= 11 is 1.18. The molecule has 8 nitrogen and oxygen atoms in total. The molecule has 0 aliphatic rings. The van der Waals surface area contributed by atoms with Gasteiger partial charge in [-0.05, 0) is 37.3 Å². The highest BCUT2D eigenvalue weighted by molar-refractivity contribution is 7.93. The van der Waals surface area contributed by atoms with Gasteiger partial charge in [-0.25, -0.2) is 13.4 Å². The fourth-order valence-corrected chi connectivity index (χ4v) is 4.26. The first kappa shape index (κ1) is 17.1. The topological polar surface area (TPSA) is 111 Å². The second-order valence-corrected chi connectivity index (χ2v) is 7.65. The molecule has 130 valence electrons. The molecule has 0 unspecified atom stereocenters. The summed E-state index contributed by atoms with van der Waals surface area (Å²) in [6.07, 6.45) is 0. The number of benzene rings is 2. The molecular formula is C15H13N3O5S2. The van der Waals surface area contributed by atoms with Crippen molar-refractivity contribution in [3.63, 3.8) is 0 Å². The summed E-state index contributed by atoms with van der Waals surface area (Å²) in [5.41, 5.74) is 0.470. The second kappa shape index (κ2) is 6.65. The fraction of sp³-hybridized carbons (Fsp3) is 0.133. The van der Waals surface area contributed by atoms with Crippen LogP contribution in [-0.2, 0) is 10.0 Å². The van der Waals surface area contributed by atoms with Crippen LogP contribution in [0.5, 0.6) is 5.75 Å². The Kier molecular flexibility index (Phi) is 4.55. The molecule has 3 aromatic rings. The van der Waals surface area contributed by atoms with Crippen LogP contribution in [0, 0.1) is 10.1 Å². The summed E-state index contributed by atoms with van der Waals surface area (Å²) in [5, 5.41) is 10.9. The molecule has 0 atom stereocenters. The van der Waals surface area contributed by atoms with E-state index in [1.54, 1.807) is 18.2 Å². The molecule has 25 heavy (non-hydrogen) atoms. The van der Waals surface area contributed by atoms with Crippen molar-refractivity contribution < 1.29 is 18.1 Å². The Bertz CT molecular complexity index is 1030. The van der Waals surface area contributed by atoms with Gasteiger partial charge in [-0.3, -0.25) is 14.8 Å². The zero-order valence-electron chi connectivity index (χ0n) is 13.0. The maximum atomic E-state index is 12.4. The maximum Gasteiger partial charge on any atom is 0.269 e. The monoisotopic (exact) mass is 379 g/mol. The average Bonchev–Trinajstić information content (AvgIpc) is 2.96. The number of non-ortho nitro benzene ring substituents is 1. The Morgan fingerprint density at radius 3 is 2.60 bits per heavy atom. The minimum Gasteiger partial charge on any atom is -0.494 e. The average molecular weight is 379 g/mol. The van der Waals surface area contributed by atoms with Crippen LogP contribution in [0.3, 0.4) is 0 Å². The summed E-state index contributed by atoms with van der Waals surface area (Å²) in [7, 11) is -3.88. The summed E-state index contributed by atoms with van der Waals surface area (Å²) in [6.45, 7) is 2.41. The van der Waals surface area contributed by atoms with Gasteiger partial charge < -0.3 is 4.74 Å². The van der Waals surface area contributed by atoms with Crippen molar-refractivity contribution >= 4 is 42.4 Å². The largest absolute Gasteiger partial charge is 0.494 e. The number of nitro groups is 1. The van der Waals surface area contributed by atoms with Gasteiger partial charge in [0, 0.05) is 12.1 Å². The third-order valence-electron chi connectivity index (χ3n) is 3.25. The molecular weight excluding hydrogens is 366 g/mol. The molecule has 0 radical (unpaired) electrons. The van der Waals surface area contributed by atoms with E-state index in [0.717, 1.165) is 16.8 Å². The highest BCUT2D eigenvalue weighted by atomic mass is 32.2. The molecule has 10 heteroatoms. The number of nitrogens with zero attached hydrogens (tertiary/aromatic N) is 2. The molecule has 2 aromatic carbocycles. The fourth-order valence-electron chi connectivity index (χ4n) is 2.13. The zero-order valence-corrected chi connectivity index (χ0v) is 14.6. The number of sulfonamides is 1. The van der Waals surface area contributed by atoms with Crippen molar-refractivity contribution in [2.45, 2.75) is 11.8 Å². The highest BCUT2D eigenvalue weighted by Gasteiger charge is 2.18. The summed E-state index contributed by atoms with van der Waals surface area (Å²) < 4.78 is 33.4. The molecule has 0 aliphatic carbocycles. The van der Waals surface area contributed by atoms with Crippen molar-refractivity contribution in [1.29, 1.82) is 0 Å². The van der Waals surface area contributed by atoms with E-state index in [4.69, 9.17) is 4.74 Å². The van der Waals surface area contributed by atoms with Crippen LogP contribution >= 0.6 is 11.3 Å². The molecule has 0 saturated carbocycles. The van der Waals surface area contributed by atoms with E-state index in [1.807, 2.05) is 6.92 Å². The SMILES string of the molecule is CCOc1ccc2nc(NS(=O)(=O)c3ccc([N+](=O)[O-])cc3)sc2c1. The van der Waals surface area contributed by atoms with E-state index in [9.17, 15) is 18.5 Å². The molecule has 0 amide bonds. The number of anilines is 1. The van der Waals surface area contributed by atoms with E-state index in [2.05, 4.69) is 9.71 Å². The van der Waals surface area contributed by atoms with Crippen LogP contribution in [-0.4, -0.2) is 24.9 Å². The number of nitrogens with one attached hydrogen (secondary N) is 1. The quantitative estimate of drug-likeness (QED) is 0.519. The highest BCUT2D eigenvalue weighted by Crippen LogP contribution is 2.30. The normalized spacial score (nSPS) is 11.4. The number of ether oxygens (including phenoxy) is 1. The Balaban J connectivity index is 1.87. The predicted molar refractivity (Wildman–Crippen MR) is 94.7 cm³/mol. The molecule has 0 aliphatic heterocycles. The molecule has 1 heterocycles. The third-order valence-corrected chi connectivity index (χ3v) is 5.67. The number of nitro benzene ring substituents is 1. The summed E-state index contributed by atoms with van der Waals surface area (Å²) in [6, 6.07) is 9.95. The van der Waals surface area contributed by atoms with E-state index >= 15 is 0 Å². The first-order chi connectivity index (χ1) is 11.9. The number of hydrogen-bond acceptors (Lipinski definition) is 7. The smallest absolute Gasteiger partial charge is 0.269 e. The number of fused-ring (bicyclic) bond motifs is 1. The standard InChI is InChI=1S/C15H13N3O5S2/c1-2-23-11-5-8-13-14(9-11)24-15(16-13)17-25(21,22)12-6-3-10(4-7-12)18(19)20/h3-9H,2H2,1H3,(H,16,17). The number of aromatic nitrogens is 1. The van der Waals surface area contributed by atoms with Gasteiger partial charge in [0.2, 0.25) is 0 Å². The Morgan fingerprint density at radius 1 is 1.24 bits per heavy atom. The molecule has 0 saturated heterocycles. The van der Waals surface area contributed by atoms with Gasteiger partial charge in [-0.15, -0.1) is 0 Å². The maximum absolute atomic E-state index is 12.4. The van der Waals surface area contributed by atoms with Gasteiger partial charge in [0.05, 0.1) is 26.6 Å². The second-order valence-electron chi connectivity index (χ2n) is 4.94. The van der Waals surface area contributed by atoms with E-state index in [-0.39, 0.29) is 15.7 Å². The Labute approximate surface area is 147 Å². The lowest BCUT2D eigenvalue weighted by Gasteiger charge is -2.04. The minimum absolute atomic E-state index is 0.0765. The first-order valence-corrected chi connectivity index (χ1v) is 9.49. The Morgan fingerprint density at radius 2 is 1.96 bits per heavy atom. The summed E-state index contributed by atoms with van der Waals surface area (Å²) in [4.78, 5) is 14.2. The molecule has 1 aromatic heterocycles. The molecule has 3 rings (SSSR count). The van der Waals surface area contributed by atoms with Crippen LogP contribution < -0.4 is 9.46 Å². The van der Waals surface area contributed by atoms with Crippen molar-refractivity contribution in [3.05, 3.63) is 52.6 Å². The molecule has 1 N–H and O–H groups in total. The zero-order chi connectivity index (χ0) is 18.0. The van der Waals surface area contributed by atoms with Crippen molar-refractivity contribution in [2.24, 2.45) is 0 Å². The van der Waals surface area contributed by atoms with Gasteiger partial charge in [0.15, 0.2) is 5.13 Å². The third kappa shape index (κ3) is 3.69. The van der Waals surface area contributed by atoms with E-state index in [1.165, 1.54) is 23.5 Å². The van der Waals surface area contributed by atoms with Crippen LogP contribution in [0.25, 0.3) is 10.2 Å². The lowest BCUT2D eigenvalue weighted by molar-refractivity contribution is -0.384. The van der Waals surface area contributed by atoms with Crippen LogP contribution in [0.15, 0.2) is 47.4 Å². The van der Waals surface area contributed by atoms with Crippen LogP contribution in [0.4, 0.5) is 10.8 Å². The Hall–Kier alpha value is -2.72. The van der Waals surface area contributed by atoms with Crippen molar-refractivity contribution in [2.75, 3.05) is 11.3 Å². The van der Waals surface area contributed by atoms with Gasteiger partial charge in [-0.2, -0.15) is 0 Å². The predicted octanol–water partition coefficient (Wildman–Crippen LogP) is 3.40. The number of rotatable bonds is 6. The van der Waals surface area contributed by atoms with Crippen molar-refractivity contribution in [1.82, 2.24) is 4.98 Å². The number of hydrogen-bond donors (Lipinski definition) is 1. The van der Waals surface area contributed by atoms with E-state index in [0.29, 0.717) is 17.9 Å². The first-order valence-electron chi connectivity index (χ1n) is 7.20. The molecule has 0 bridgehead atoms.